The van der Waals surface area contributed by atoms with Crippen LogP contribution in [-0.2, 0) is 6.54 Å². The number of hydrogen-bond acceptors (Lipinski definition) is 3. The van der Waals surface area contributed by atoms with Crippen LogP contribution in [0.3, 0.4) is 0 Å². The maximum Gasteiger partial charge on any atom is 0.261 e. The minimum atomic E-state index is -0.481. The maximum absolute atomic E-state index is 13.4. The summed E-state index contributed by atoms with van der Waals surface area (Å²) in [6, 6.07) is 11.2. The highest BCUT2D eigenvalue weighted by atomic mass is 19.1. The number of fused-ring (bicyclic) bond motifs is 2. The van der Waals surface area contributed by atoms with Gasteiger partial charge in [-0.2, -0.15) is 0 Å². The molecule has 0 atom stereocenters. The minimum absolute atomic E-state index is 0.219. The zero-order chi connectivity index (χ0) is 19.0. The molecule has 0 aliphatic rings. The number of nitrogens with one attached hydrogen (secondary N) is 2. The van der Waals surface area contributed by atoms with Crippen LogP contribution in [0, 0.1) is 12.7 Å². The van der Waals surface area contributed by atoms with Crippen LogP contribution < -0.4 is 10.9 Å². The molecule has 2 heterocycles. The number of carbonyl (C=O) groups excluding carboxylic acids is 1. The van der Waals surface area contributed by atoms with Gasteiger partial charge in [0.1, 0.15) is 11.6 Å². The van der Waals surface area contributed by atoms with Crippen molar-refractivity contribution in [2.45, 2.75) is 13.5 Å². The number of aromatic amines is 1. The van der Waals surface area contributed by atoms with Gasteiger partial charge in [0.2, 0.25) is 0 Å². The summed E-state index contributed by atoms with van der Waals surface area (Å²) in [6.07, 6.45) is 1.82. The van der Waals surface area contributed by atoms with E-state index in [0.717, 1.165) is 10.9 Å². The van der Waals surface area contributed by atoms with Crippen molar-refractivity contribution in [2.75, 3.05) is 6.54 Å². The smallest absolute Gasteiger partial charge is 0.261 e. The van der Waals surface area contributed by atoms with Crippen LogP contribution in [0.4, 0.5) is 4.39 Å². The van der Waals surface area contributed by atoms with Crippen molar-refractivity contribution in [3.63, 3.8) is 0 Å². The fraction of sp³-hybridized carbons (Fsp3) is 0.150. The Morgan fingerprint density at radius 2 is 2.07 bits per heavy atom. The highest BCUT2D eigenvalue weighted by Gasteiger charge is 2.10. The lowest BCUT2D eigenvalue weighted by atomic mass is 10.1. The molecule has 27 heavy (non-hydrogen) atoms. The van der Waals surface area contributed by atoms with Gasteiger partial charge in [-0.1, -0.05) is 0 Å². The van der Waals surface area contributed by atoms with Gasteiger partial charge in [0.15, 0.2) is 0 Å². The molecule has 0 aliphatic heterocycles. The number of amides is 1. The van der Waals surface area contributed by atoms with Gasteiger partial charge in [0.05, 0.1) is 10.9 Å². The number of hydrogen-bond donors (Lipinski definition) is 2. The Balaban J connectivity index is 1.51. The summed E-state index contributed by atoms with van der Waals surface area (Å²) < 4.78 is 14.9. The minimum Gasteiger partial charge on any atom is -0.361 e. The van der Waals surface area contributed by atoms with Crippen molar-refractivity contribution in [2.24, 2.45) is 0 Å². The number of rotatable bonds is 4. The van der Waals surface area contributed by atoms with Crippen LogP contribution in [-0.4, -0.2) is 27.0 Å². The van der Waals surface area contributed by atoms with E-state index in [1.54, 1.807) is 19.1 Å². The zero-order valence-corrected chi connectivity index (χ0v) is 14.6. The topological polar surface area (TPSA) is 79.8 Å². The van der Waals surface area contributed by atoms with E-state index in [1.165, 1.54) is 22.8 Å². The van der Waals surface area contributed by atoms with E-state index in [-0.39, 0.29) is 29.9 Å². The first kappa shape index (κ1) is 17.0. The fourth-order valence-electron chi connectivity index (χ4n) is 3.15. The van der Waals surface area contributed by atoms with Crippen molar-refractivity contribution in [3.8, 4) is 0 Å². The van der Waals surface area contributed by atoms with E-state index >= 15 is 0 Å². The fourth-order valence-corrected chi connectivity index (χ4v) is 3.15. The first-order valence-electron chi connectivity index (χ1n) is 8.55. The Morgan fingerprint density at radius 1 is 1.22 bits per heavy atom. The molecule has 0 saturated heterocycles. The third kappa shape index (κ3) is 3.19. The SMILES string of the molecule is Cc1nc2ccc(F)cc2c(=O)n1CCNC(=O)c1ccc2[nH]ccc2c1. The molecule has 7 heteroatoms. The molecule has 0 unspecified atom stereocenters. The van der Waals surface area contributed by atoms with E-state index in [2.05, 4.69) is 15.3 Å². The molecule has 2 aromatic heterocycles. The molecule has 0 radical (unpaired) electrons. The van der Waals surface area contributed by atoms with Gasteiger partial charge in [-0.15, -0.1) is 0 Å². The number of aryl methyl sites for hydroxylation is 1. The highest BCUT2D eigenvalue weighted by Crippen LogP contribution is 2.14. The van der Waals surface area contributed by atoms with Gasteiger partial charge in [0, 0.05) is 35.8 Å². The molecule has 0 spiro atoms. The first-order chi connectivity index (χ1) is 13.0. The summed E-state index contributed by atoms with van der Waals surface area (Å²) in [5.74, 6) is -0.184. The normalized spacial score (nSPS) is 11.2. The number of nitrogens with zero attached hydrogens (tertiary/aromatic N) is 2. The van der Waals surface area contributed by atoms with Crippen molar-refractivity contribution < 1.29 is 9.18 Å². The lowest BCUT2D eigenvalue weighted by Crippen LogP contribution is -2.32. The second-order valence-corrected chi connectivity index (χ2v) is 6.31. The molecule has 0 fully saturated rings. The van der Waals surface area contributed by atoms with Crippen LogP contribution in [0.5, 0.6) is 0 Å². The molecule has 136 valence electrons. The second kappa shape index (κ2) is 6.68. The van der Waals surface area contributed by atoms with E-state index in [9.17, 15) is 14.0 Å². The highest BCUT2D eigenvalue weighted by molar-refractivity contribution is 5.98. The monoisotopic (exact) mass is 364 g/mol. The third-order valence-corrected chi connectivity index (χ3v) is 4.54. The summed E-state index contributed by atoms with van der Waals surface area (Å²) in [6.45, 7) is 2.22. The summed E-state index contributed by atoms with van der Waals surface area (Å²) >= 11 is 0. The van der Waals surface area contributed by atoms with Crippen LogP contribution in [0.1, 0.15) is 16.2 Å². The zero-order valence-electron chi connectivity index (χ0n) is 14.6. The molecular weight excluding hydrogens is 347 g/mol. The summed E-state index contributed by atoms with van der Waals surface area (Å²) in [5.41, 5.74) is 1.65. The van der Waals surface area contributed by atoms with Gasteiger partial charge >= 0.3 is 0 Å². The van der Waals surface area contributed by atoms with E-state index in [4.69, 9.17) is 0 Å². The molecule has 6 nitrogen and oxygen atoms in total. The number of benzene rings is 2. The predicted octanol–water partition coefficient (Wildman–Crippen LogP) is 2.76. The molecule has 0 saturated carbocycles. The standard InChI is InChI=1S/C20H17FN4O2/c1-12-24-18-5-3-15(21)11-16(18)20(27)25(12)9-8-23-19(26)14-2-4-17-13(10-14)6-7-22-17/h2-7,10-11,22H,8-9H2,1H3,(H,23,26). The van der Waals surface area contributed by atoms with Crippen LogP contribution in [0.2, 0.25) is 0 Å². The van der Waals surface area contributed by atoms with Crippen molar-refractivity contribution in [1.29, 1.82) is 0 Å². The Morgan fingerprint density at radius 3 is 2.93 bits per heavy atom. The molecule has 1 amide bonds. The Hall–Kier alpha value is -3.48. The molecular formula is C20H17FN4O2. The number of halogens is 1. The Kier molecular flexibility index (Phi) is 4.19. The lowest BCUT2D eigenvalue weighted by molar-refractivity contribution is 0.0952. The third-order valence-electron chi connectivity index (χ3n) is 4.54. The second-order valence-electron chi connectivity index (χ2n) is 6.31. The molecule has 0 aliphatic carbocycles. The van der Waals surface area contributed by atoms with Crippen LogP contribution >= 0.6 is 0 Å². The van der Waals surface area contributed by atoms with Crippen molar-refractivity contribution in [3.05, 3.63) is 76.2 Å². The van der Waals surface area contributed by atoms with E-state index in [0.29, 0.717) is 16.9 Å². The van der Waals surface area contributed by atoms with Gasteiger partial charge < -0.3 is 10.3 Å². The van der Waals surface area contributed by atoms with Gasteiger partial charge in [0.25, 0.3) is 11.5 Å². The number of aromatic nitrogens is 3. The van der Waals surface area contributed by atoms with Crippen LogP contribution in [0.25, 0.3) is 21.8 Å². The molecule has 0 bridgehead atoms. The summed E-state index contributed by atoms with van der Waals surface area (Å²) in [7, 11) is 0. The maximum atomic E-state index is 13.4. The van der Waals surface area contributed by atoms with Gasteiger partial charge in [-0.3, -0.25) is 14.2 Å². The predicted molar refractivity (Wildman–Crippen MR) is 101 cm³/mol. The van der Waals surface area contributed by atoms with Crippen LogP contribution in [0.15, 0.2) is 53.5 Å². The van der Waals surface area contributed by atoms with Crippen molar-refractivity contribution >= 4 is 27.7 Å². The Bertz CT molecular complexity index is 1230. The quantitative estimate of drug-likeness (QED) is 0.584. The van der Waals surface area contributed by atoms with E-state index in [1.807, 2.05) is 18.3 Å². The largest absolute Gasteiger partial charge is 0.361 e. The molecule has 2 aromatic carbocycles. The average Bonchev–Trinajstić information content (AvgIpc) is 3.12. The number of H-pyrrole nitrogens is 1. The summed E-state index contributed by atoms with van der Waals surface area (Å²) in [4.78, 5) is 32.4. The first-order valence-corrected chi connectivity index (χ1v) is 8.55. The molecule has 2 N–H and O–H groups in total. The molecule has 4 rings (SSSR count). The van der Waals surface area contributed by atoms with Gasteiger partial charge in [-0.25, -0.2) is 9.37 Å². The van der Waals surface area contributed by atoms with Crippen molar-refractivity contribution in [1.82, 2.24) is 19.9 Å². The van der Waals surface area contributed by atoms with E-state index < -0.39 is 5.82 Å². The lowest BCUT2D eigenvalue weighted by Gasteiger charge is -2.11. The number of carbonyl (C=O) groups is 1. The molecule has 4 aromatic rings. The average molecular weight is 364 g/mol. The van der Waals surface area contributed by atoms with Gasteiger partial charge in [-0.05, 0) is 49.4 Å². The summed E-state index contributed by atoms with van der Waals surface area (Å²) in [5, 5.41) is 3.99. The Labute approximate surface area is 153 Å².